The Hall–Kier alpha value is -1.03. The van der Waals surface area contributed by atoms with E-state index >= 15 is 0 Å². The number of nitrogen functional groups attached to an aromatic ring is 1. The van der Waals surface area contributed by atoms with Crippen molar-refractivity contribution in [3.63, 3.8) is 0 Å². The summed E-state index contributed by atoms with van der Waals surface area (Å²) >= 11 is 3.38. The van der Waals surface area contributed by atoms with Crippen LogP contribution in [0.5, 0.6) is 0 Å². The molecule has 0 unspecified atom stereocenters. The van der Waals surface area contributed by atoms with Crippen molar-refractivity contribution in [1.82, 2.24) is 4.98 Å². The Bertz CT molecular complexity index is 465. The van der Waals surface area contributed by atoms with Crippen LogP contribution >= 0.6 is 15.9 Å². The minimum atomic E-state index is 0.546. The van der Waals surface area contributed by atoms with Crippen LogP contribution in [0.1, 0.15) is 0 Å². The molecule has 0 aliphatic rings. The zero-order valence-corrected chi connectivity index (χ0v) is 8.80. The minimum Gasteiger partial charge on any atom is -0.384 e. The fourth-order valence-corrected chi connectivity index (χ4v) is 1.92. The van der Waals surface area contributed by atoms with E-state index in [9.17, 15) is 0 Å². The lowest BCUT2D eigenvalue weighted by molar-refractivity contribution is 1.32. The van der Waals surface area contributed by atoms with E-state index in [1.807, 2.05) is 12.1 Å². The van der Waals surface area contributed by atoms with Gasteiger partial charge in [0.15, 0.2) is 0 Å². The van der Waals surface area contributed by atoms with Gasteiger partial charge in [0.2, 0.25) is 0 Å². The lowest BCUT2D eigenvalue weighted by atomic mass is 9.94. The quantitative estimate of drug-likeness (QED) is 0.542. The van der Waals surface area contributed by atoms with Crippen LogP contribution < -0.4 is 11.2 Å². The number of halogens is 1. The van der Waals surface area contributed by atoms with Gasteiger partial charge in [-0.1, -0.05) is 23.7 Å². The van der Waals surface area contributed by atoms with Gasteiger partial charge in [0.1, 0.15) is 18.3 Å². The second kappa shape index (κ2) is 3.03. The third kappa shape index (κ3) is 1.54. The molecule has 64 valence electrons. The molecule has 0 aliphatic carbocycles. The normalized spacial score (nSPS) is 10.5. The summed E-state index contributed by atoms with van der Waals surface area (Å²) in [4.78, 5) is 4.13. The number of rotatable bonds is 0. The molecular formula is C9H8BBrN2. The molecule has 2 N–H and O–H groups in total. The second-order valence-corrected chi connectivity index (χ2v) is 3.81. The monoisotopic (exact) mass is 234 g/mol. The number of hydrogen-bond donors (Lipinski definition) is 1. The largest absolute Gasteiger partial charge is 0.384 e. The summed E-state index contributed by atoms with van der Waals surface area (Å²) in [6, 6.07) is 8.08. The zero-order chi connectivity index (χ0) is 9.42. The molecule has 2 aromatic rings. The Kier molecular flexibility index (Phi) is 2.00. The predicted octanol–water partition coefficient (Wildman–Crippen LogP) is 0.838. The van der Waals surface area contributed by atoms with E-state index in [2.05, 4.69) is 40.9 Å². The molecule has 13 heavy (non-hydrogen) atoms. The van der Waals surface area contributed by atoms with Crippen molar-refractivity contribution in [1.29, 1.82) is 0 Å². The van der Waals surface area contributed by atoms with Crippen molar-refractivity contribution in [2.75, 3.05) is 5.73 Å². The number of hydrogen-bond acceptors (Lipinski definition) is 2. The Morgan fingerprint density at radius 2 is 2.08 bits per heavy atom. The fraction of sp³-hybridized carbons (Fsp3) is 0. The van der Waals surface area contributed by atoms with Crippen molar-refractivity contribution in [2.45, 2.75) is 0 Å². The van der Waals surface area contributed by atoms with Crippen molar-refractivity contribution < 1.29 is 0 Å². The van der Waals surface area contributed by atoms with Gasteiger partial charge in [0.25, 0.3) is 0 Å². The van der Waals surface area contributed by atoms with Crippen molar-refractivity contribution in [2.24, 2.45) is 0 Å². The second-order valence-electron chi connectivity index (χ2n) is 3.06. The van der Waals surface area contributed by atoms with Gasteiger partial charge < -0.3 is 5.73 Å². The molecule has 2 rings (SSSR count). The first-order valence-corrected chi connectivity index (χ1v) is 4.78. The Morgan fingerprint density at radius 1 is 1.31 bits per heavy atom. The highest BCUT2D eigenvalue weighted by atomic mass is 79.9. The van der Waals surface area contributed by atoms with E-state index < -0.39 is 0 Å². The molecule has 0 aliphatic heterocycles. The van der Waals surface area contributed by atoms with E-state index in [0.717, 1.165) is 15.4 Å². The van der Waals surface area contributed by atoms with Gasteiger partial charge in [-0.2, -0.15) is 0 Å². The highest BCUT2D eigenvalue weighted by Crippen LogP contribution is 2.22. The molecule has 0 radical (unpaired) electrons. The molecule has 1 aromatic heterocycles. The lowest BCUT2D eigenvalue weighted by Gasteiger charge is -2.02. The molecule has 0 spiro atoms. The molecule has 0 bridgehead atoms. The first-order chi connectivity index (χ1) is 6.16. The predicted molar refractivity (Wildman–Crippen MR) is 62.0 cm³/mol. The molecule has 4 heteroatoms. The molecule has 1 heterocycles. The van der Waals surface area contributed by atoms with E-state index in [1.165, 1.54) is 5.46 Å². The summed E-state index contributed by atoms with van der Waals surface area (Å²) < 4.78 is 0.808. The van der Waals surface area contributed by atoms with Crippen molar-refractivity contribution in [3.05, 3.63) is 28.9 Å². The topological polar surface area (TPSA) is 38.9 Å². The van der Waals surface area contributed by atoms with Crippen LogP contribution in [0, 0.1) is 0 Å². The number of fused-ring (bicyclic) bond motifs is 1. The van der Waals surface area contributed by atoms with Gasteiger partial charge >= 0.3 is 0 Å². The minimum absolute atomic E-state index is 0.546. The average Bonchev–Trinajstić information content (AvgIpc) is 2.02. The fourth-order valence-electron chi connectivity index (χ4n) is 1.35. The van der Waals surface area contributed by atoms with Gasteiger partial charge in [0.05, 0.1) is 0 Å². The summed E-state index contributed by atoms with van der Waals surface area (Å²) in [5.41, 5.74) is 6.86. The molecule has 1 aromatic carbocycles. The highest BCUT2D eigenvalue weighted by molar-refractivity contribution is 9.10. The van der Waals surface area contributed by atoms with Crippen LogP contribution in [-0.2, 0) is 0 Å². The standard InChI is InChI=1S/C9H8BBrN2/c10-6-1-2-7-5(3-6)4-8(12)13-9(7)11/h1-4H,10H2,(H2,12,13). The number of nitrogens with two attached hydrogens (primary N) is 1. The highest BCUT2D eigenvalue weighted by Gasteiger charge is 2.00. The number of benzene rings is 1. The van der Waals surface area contributed by atoms with Crippen molar-refractivity contribution in [3.8, 4) is 0 Å². The SMILES string of the molecule is Bc1ccc2c(Br)nc(N)cc2c1. The van der Waals surface area contributed by atoms with Gasteiger partial charge in [-0.05, 0) is 27.4 Å². The first-order valence-electron chi connectivity index (χ1n) is 3.99. The third-order valence-electron chi connectivity index (χ3n) is 1.96. The Balaban J connectivity index is 2.86. The zero-order valence-electron chi connectivity index (χ0n) is 7.21. The molecule has 0 atom stereocenters. The molecule has 0 fully saturated rings. The number of aromatic nitrogens is 1. The van der Waals surface area contributed by atoms with Crippen LogP contribution in [0.3, 0.4) is 0 Å². The maximum atomic E-state index is 5.63. The maximum Gasteiger partial charge on any atom is 0.139 e. The van der Waals surface area contributed by atoms with E-state index in [0.29, 0.717) is 5.82 Å². The van der Waals surface area contributed by atoms with Crippen LogP contribution in [0.25, 0.3) is 10.8 Å². The van der Waals surface area contributed by atoms with E-state index in [1.54, 1.807) is 0 Å². The molecule has 0 saturated heterocycles. The molecule has 2 nitrogen and oxygen atoms in total. The number of nitrogens with zero attached hydrogens (tertiary/aromatic N) is 1. The summed E-state index contributed by atoms with van der Waals surface area (Å²) in [5, 5.41) is 2.22. The Morgan fingerprint density at radius 3 is 2.85 bits per heavy atom. The summed E-state index contributed by atoms with van der Waals surface area (Å²) in [7, 11) is 2.06. The van der Waals surface area contributed by atoms with Crippen molar-refractivity contribution >= 4 is 45.8 Å². The summed E-state index contributed by atoms with van der Waals surface area (Å²) in [5.74, 6) is 0.546. The average molecular weight is 235 g/mol. The van der Waals surface area contributed by atoms with Gasteiger partial charge in [-0.15, -0.1) is 0 Å². The Labute approximate surface area is 85.7 Å². The van der Waals surface area contributed by atoms with Gasteiger partial charge in [-0.3, -0.25) is 0 Å². The molecular weight excluding hydrogens is 227 g/mol. The van der Waals surface area contributed by atoms with Crippen LogP contribution in [0.15, 0.2) is 28.9 Å². The third-order valence-corrected chi connectivity index (χ3v) is 2.56. The number of anilines is 1. The summed E-state index contributed by atoms with van der Waals surface area (Å²) in [6.45, 7) is 0. The van der Waals surface area contributed by atoms with Gasteiger partial charge in [0, 0.05) is 5.39 Å². The summed E-state index contributed by atoms with van der Waals surface area (Å²) in [6.07, 6.45) is 0. The van der Waals surface area contributed by atoms with Crippen LogP contribution in [0.2, 0.25) is 0 Å². The smallest absolute Gasteiger partial charge is 0.139 e. The number of pyridine rings is 1. The van der Waals surface area contributed by atoms with Crippen LogP contribution in [0.4, 0.5) is 5.82 Å². The maximum absolute atomic E-state index is 5.63. The molecule has 0 saturated carbocycles. The first kappa shape index (κ1) is 8.57. The van der Waals surface area contributed by atoms with E-state index in [4.69, 9.17) is 5.73 Å². The van der Waals surface area contributed by atoms with Gasteiger partial charge in [-0.25, -0.2) is 4.98 Å². The van der Waals surface area contributed by atoms with E-state index in [-0.39, 0.29) is 0 Å². The van der Waals surface area contributed by atoms with Crippen LogP contribution in [-0.4, -0.2) is 12.8 Å². The lowest BCUT2D eigenvalue weighted by Crippen LogP contribution is -2.01. The molecule has 0 amide bonds.